The predicted molar refractivity (Wildman–Crippen MR) is 71.8 cm³/mol. The van der Waals surface area contributed by atoms with Gasteiger partial charge in [-0.05, 0) is 18.6 Å². The highest BCUT2D eigenvalue weighted by atomic mass is 16.5. The third-order valence-electron chi connectivity index (χ3n) is 2.86. The number of hydrogen-bond acceptors (Lipinski definition) is 4. The molecule has 0 aliphatic carbocycles. The van der Waals surface area contributed by atoms with Crippen molar-refractivity contribution < 1.29 is 9.53 Å². The SMILES string of the molecule is CCCCc1nc(-c2ccc(C(=O)OC)cc2)n[nH]1. The van der Waals surface area contributed by atoms with E-state index in [0.29, 0.717) is 11.4 Å². The van der Waals surface area contributed by atoms with E-state index in [2.05, 4.69) is 26.8 Å². The maximum absolute atomic E-state index is 11.3. The van der Waals surface area contributed by atoms with Gasteiger partial charge in [0.15, 0.2) is 5.82 Å². The smallest absolute Gasteiger partial charge is 0.337 e. The Hall–Kier alpha value is -2.17. The third-order valence-corrected chi connectivity index (χ3v) is 2.86. The summed E-state index contributed by atoms with van der Waals surface area (Å²) in [5, 5.41) is 7.12. The van der Waals surface area contributed by atoms with Crippen molar-refractivity contribution in [1.29, 1.82) is 0 Å². The van der Waals surface area contributed by atoms with Gasteiger partial charge in [-0.2, -0.15) is 5.10 Å². The van der Waals surface area contributed by atoms with Crippen molar-refractivity contribution >= 4 is 5.97 Å². The van der Waals surface area contributed by atoms with E-state index in [4.69, 9.17) is 0 Å². The molecule has 1 aromatic heterocycles. The highest BCUT2D eigenvalue weighted by molar-refractivity contribution is 5.89. The minimum absolute atomic E-state index is 0.342. The quantitative estimate of drug-likeness (QED) is 0.838. The van der Waals surface area contributed by atoms with E-state index in [1.54, 1.807) is 12.1 Å². The zero-order valence-corrected chi connectivity index (χ0v) is 11.1. The van der Waals surface area contributed by atoms with Crippen LogP contribution >= 0.6 is 0 Å². The fraction of sp³-hybridized carbons (Fsp3) is 0.357. The topological polar surface area (TPSA) is 67.9 Å². The average Bonchev–Trinajstić information content (AvgIpc) is 2.93. The molecule has 0 radical (unpaired) electrons. The maximum atomic E-state index is 11.3. The second-order valence-corrected chi connectivity index (χ2v) is 4.28. The van der Waals surface area contributed by atoms with E-state index in [1.165, 1.54) is 7.11 Å². The lowest BCUT2D eigenvalue weighted by Gasteiger charge is -1.99. The molecular formula is C14H17N3O2. The normalized spacial score (nSPS) is 10.4. The summed E-state index contributed by atoms with van der Waals surface area (Å²) in [6.07, 6.45) is 3.13. The zero-order valence-electron chi connectivity index (χ0n) is 11.1. The van der Waals surface area contributed by atoms with Crippen molar-refractivity contribution in [2.45, 2.75) is 26.2 Å². The van der Waals surface area contributed by atoms with E-state index >= 15 is 0 Å². The third kappa shape index (κ3) is 3.19. The number of ether oxygens (including phenoxy) is 1. The van der Waals surface area contributed by atoms with E-state index in [1.807, 2.05) is 12.1 Å². The average molecular weight is 259 g/mol. The molecule has 2 aromatic rings. The fourth-order valence-electron chi connectivity index (χ4n) is 1.75. The summed E-state index contributed by atoms with van der Waals surface area (Å²) in [7, 11) is 1.37. The molecule has 19 heavy (non-hydrogen) atoms. The molecule has 1 N–H and O–H groups in total. The van der Waals surface area contributed by atoms with Gasteiger partial charge in [-0.15, -0.1) is 0 Å². The molecule has 0 fully saturated rings. The Kier molecular flexibility index (Phi) is 4.28. The summed E-state index contributed by atoms with van der Waals surface area (Å²) >= 11 is 0. The number of carbonyl (C=O) groups is 1. The van der Waals surface area contributed by atoms with Crippen molar-refractivity contribution in [3.63, 3.8) is 0 Å². The van der Waals surface area contributed by atoms with Crippen LogP contribution in [-0.2, 0) is 11.2 Å². The largest absolute Gasteiger partial charge is 0.465 e. The Balaban J connectivity index is 2.13. The van der Waals surface area contributed by atoms with E-state index in [9.17, 15) is 4.79 Å². The Bertz CT molecular complexity index is 546. The van der Waals surface area contributed by atoms with Crippen LogP contribution in [0.1, 0.15) is 35.9 Å². The van der Waals surface area contributed by atoms with Crippen molar-refractivity contribution in [2.24, 2.45) is 0 Å². The number of carbonyl (C=O) groups excluding carboxylic acids is 1. The molecule has 1 aromatic carbocycles. The summed E-state index contributed by atoms with van der Waals surface area (Å²) in [6, 6.07) is 7.06. The number of rotatable bonds is 5. The second-order valence-electron chi connectivity index (χ2n) is 4.28. The van der Waals surface area contributed by atoms with Crippen molar-refractivity contribution in [2.75, 3.05) is 7.11 Å². The maximum Gasteiger partial charge on any atom is 0.337 e. The van der Waals surface area contributed by atoms with Crippen LogP contribution in [-0.4, -0.2) is 28.3 Å². The van der Waals surface area contributed by atoms with Crippen molar-refractivity contribution in [3.8, 4) is 11.4 Å². The zero-order chi connectivity index (χ0) is 13.7. The van der Waals surface area contributed by atoms with Gasteiger partial charge in [-0.25, -0.2) is 9.78 Å². The molecule has 100 valence electrons. The van der Waals surface area contributed by atoms with Gasteiger partial charge in [0, 0.05) is 12.0 Å². The number of aromatic amines is 1. The second kappa shape index (κ2) is 6.13. The van der Waals surface area contributed by atoms with E-state index in [0.717, 1.165) is 30.7 Å². The van der Waals surface area contributed by atoms with Crippen molar-refractivity contribution in [1.82, 2.24) is 15.2 Å². The van der Waals surface area contributed by atoms with Crippen LogP contribution in [0.2, 0.25) is 0 Å². The Morgan fingerprint density at radius 3 is 2.68 bits per heavy atom. The summed E-state index contributed by atoms with van der Waals surface area (Å²) in [5.74, 6) is 1.21. The van der Waals surface area contributed by atoms with E-state index in [-0.39, 0.29) is 5.97 Å². The molecule has 0 amide bonds. The molecule has 0 unspecified atom stereocenters. The Morgan fingerprint density at radius 2 is 2.05 bits per heavy atom. The fourth-order valence-corrected chi connectivity index (χ4v) is 1.75. The molecule has 0 aliphatic rings. The van der Waals surface area contributed by atoms with Gasteiger partial charge in [0.2, 0.25) is 0 Å². The number of aromatic nitrogens is 3. The molecule has 2 rings (SSSR count). The summed E-state index contributed by atoms with van der Waals surface area (Å²) in [5.41, 5.74) is 1.40. The van der Waals surface area contributed by atoms with Gasteiger partial charge in [0.25, 0.3) is 0 Å². The summed E-state index contributed by atoms with van der Waals surface area (Å²) in [4.78, 5) is 15.8. The lowest BCUT2D eigenvalue weighted by molar-refractivity contribution is 0.0601. The molecule has 5 heteroatoms. The van der Waals surface area contributed by atoms with Crippen LogP contribution in [0.3, 0.4) is 0 Å². The van der Waals surface area contributed by atoms with Crippen LogP contribution in [0, 0.1) is 0 Å². The number of methoxy groups -OCH3 is 1. The van der Waals surface area contributed by atoms with Crippen molar-refractivity contribution in [3.05, 3.63) is 35.7 Å². The molecule has 1 heterocycles. The van der Waals surface area contributed by atoms with Crippen LogP contribution in [0.25, 0.3) is 11.4 Å². The first-order valence-electron chi connectivity index (χ1n) is 6.34. The van der Waals surface area contributed by atoms with Gasteiger partial charge in [0.1, 0.15) is 5.82 Å². The molecule has 0 bridgehead atoms. The standard InChI is InChI=1S/C14H17N3O2/c1-3-4-5-12-15-13(17-16-12)10-6-8-11(9-7-10)14(18)19-2/h6-9H,3-5H2,1-2H3,(H,15,16,17). The summed E-state index contributed by atoms with van der Waals surface area (Å²) < 4.78 is 4.65. The molecule has 0 saturated heterocycles. The van der Waals surface area contributed by atoms with Gasteiger partial charge in [-0.3, -0.25) is 5.10 Å². The first-order chi connectivity index (χ1) is 9.24. The van der Waals surface area contributed by atoms with Crippen LogP contribution < -0.4 is 0 Å². The predicted octanol–water partition coefficient (Wildman–Crippen LogP) is 2.60. The first-order valence-corrected chi connectivity index (χ1v) is 6.34. The number of esters is 1. The minimum Gasteiger partial charge on any atom is -0.465 e. The van der Waals surface area contributed by atoms with Crippen LogP contribution in [0.4, 0.5) is 0 Å². The Labute approximate surface area is 112 Å². The number of hydrogen-bond donors (Lipinski definition) is 1. The van der Waals surface area contributed by atoms with Crippen LogP contribution in [0.5, 0.6) is 0 Å². The monoisotopic (exact) mass is 259 g/mol. The van der Waals surface area contributed by atoms with E-state index < -0.39 is 0 Å². The molecule has 5 nitrogen and oxygen atoms in total. The van der Waals surface area contributed by atoms with Crippen LogP contribution in [0.15, 0.2) is 24.3 Å². The number of nitrogens with one attached hydrogen (secondary N) is 1. The highest BCUT2D eigenvalue weighted by Crippen LogP contribution is 2.16. The number of nitrogens with zero attached hydrogens (tertiary/aromatic N) is 2. The molecule has 0 spiro atoms. The minimum atomic E-state index is -0.342. The molecule has 0 aliphatic heterocycles. The van der Waals surface area contributed by atoms with Gasteiger partial charge >= 0.3 is 5.97 Å². The lowest BCUT2D eigenvalue weighted by atomic mass is 10.1. The van der Waals surface area contributed by atoms with Gasteiger partial charge in [-0.1, -0.05) is 25.5 Å². The molecule has 0 atom stereocenters. The van der Waals surface area contributed by atoms with Gasteiger partial charge in [0.05, 0.1) is 12.7 Å². The molecular weight excluding hydrogens is 242 g/mol. The number of unbranched alkanes of at least 4 members (excludes halogenated alkanes) is 1. The van der Waals surface area contributed by atoms with Gasteiger partial charge < -0.3 is 4.74 Å². The number of aryl methyl sites for hydroxylation is 1. The highest BCUT2D eigenvalue weighted by Gasteiger charge is 2.08. The summed E-state index contributed by atoms with van der Waals surface area (Å²) in [6.45, 7) is 2.14. The first kappa shape index (κ1) is 13.3. The number of H-pyrrole nitrogens is 1. The Morgan fingerprint density at radius 1 is 1.32 bits per heavy atom. The molecule has 0 saturated carbocycles. The lowest BCUT2D eigenvalue weighted by Crippen LogP contribution is -2.00. The number of benzene rings is 1.